The molecule has 1 amide bonds. The van der Waals surface area contributed by atoms with Crippen molar-refractivity contribution in [1.82, 2.24) is 19.4 Å². The van der Waals surface area contributed by atoms with Crippen LogP contribution in [0.1, 0.15) is 23.2 Å². The van der Waals surface area contributed by atoms with Gasteiger partial charge in [-0.05, 0) is 44.0 Å². The summed E-state index contributed by atoms with van der Waals surface area (Å²) in [6, 6.07) is 11.8. The van der Waals surface area contributed by atoms with Gasteiger partial charge >= 0.3 is 5.69 Å². The zero-order chi connectivity index (χ0) is 21.1. The van der Waals surface area contributed by atoms with Crippen LogP contribution < -0.4 is 11.0 Å². The summed E-state index contributed by atoms with van der Waals surface area (Å²) in [6.07, 6.45) is 1.62. The van der Waals surface area contributed by atoms with Gasteiger partial charge in [-0.1, -0.05) is 19.1 Å². The highest BCUT2D eigenvalue weighted by Crippen LogP contribution is 2.29. The van der Waals surface area contributed by atoms with E-state index in [1.165, 1.54) is 4.88 Å². The third-order valence-electron chi connectivity index (χ3n) is 4.90. The topological polar surface area (TPSA) is 68.9 Å². The summed E-state index contributed by atoms with van der Waals surface area (Å²) < 4.78 is 3.31. The SMILES string of the molecule is CCCn1c(=O)n(CC(=O)NCCc2ccc(-c3csc(C)n3)s2)c2ccccc21. The Balaban J connectivity index is 1.38. The molecule has 1 N–H and O–H groups in total. The predicted octanol–water partition coefficient (Wildman–Crippen LogP) is 4.07. The minimum atomic E-state index is -0.150. The number of benzene rings is 1. The zero-order valence-corrected chi connectivity index (χ0v) is 18.7. The lowest BCUT2D eigenvalue weighted by molar-refractivity contribution is -0.121. The molecule has 6 nitrogen and oxygen atoms in total. The second kappa shape index (κ2) is 8.97. The number of hydrogen-bond acceptors (Lipinski definition) is 5. The van der Waals surface area contributed by atoms with Gasteiger partial charge in [-0.15, -0.1) is 22.7 Å². The molecular weight excluding hydrogens is 416 g/mol. The summed E-state index contributed by atoms with van der Waals surface area (Å²) in [5.41, 5.74) is 2.56. The van der Waals surface area contributed by atoms with Gasteiger partial charge in [0, 0.05) is 23.3 Å². The third-order valence-corrected chi connectivity index (χ3v) is 6.84. The lowest BCUT2D eigenvalue weighted by Gasteiger charge is -2.05. The maximum absolute atomic E-state index is 12.8. The van der Waals surface area contributed by atoms with Crippen molar-refractivity contribution in [2.75, 3.05) is 6.54 Å². The zero-order valence-electron chi connectivity index (χ0n) is 17.1. The number of rotatable bonds is 8. The molecule has 0 aliphatic carbocycles. The molecule has 0 radical (unpaired) electrons. The fraction of sp³-hybridized carbons (Fsp3) is 0.318. The molecule has 0 spiro atoms. The smallest absolute Gasteiger partial charge is 0.329 e. The number of thiazole rings is 1. The highest BCUT2D eigenvalue weighted by Gasteiger charge is 2.15. The van der Waals surface area contributed by atoms with Crippen molar-refractivity contribution in [2.24, 2.45) is 0 Å². The summed E-state index contributed by atoms with van der Waals surface area (Å²) in [4.78, 5) is 32.2. The largest absolute Gasteiger partial charge is 0.354 e. The quantitative estimate of drug-likeness (QED) is 0.449. The number of para-hydroxylation sites is 2. The van der Waals surface area contributed by atoms with E-state index >= 15 is 0 Å². The first-order chi connectivity index (χ1) is 14.6. The van der Waals surface area contributed by atoms with Crippen molar-refractivity contribution in [3.05, 3.63) is 62.1 Å². The van der Waals surface area contributed by atoms with E-state index in [4.69, 9.17) is 0 Å². The van der Waals surface area contributed by atoms with Gasteiger partial charge in [-0.25, -0.2) is 9.78 Å². The van der Waals surface area contributed by atoms with E-state index < -0.39 is 0 Å². The van der Waals surface area contributed by atoms with Crippen molar-refractivity contribution in [3.8, 4) is 10.6 Å². The molecule has 30 heavy (non-hydrogen) atoms. The number of imidazole rings is 1. The Labute approximate surface area is 182 Å². The molecule has 0 fully saturated rings. The highest BCUT2D eigenvalue weighted by molar-refractivity contribution is 7.16. The predicted molar refractivity (Wildman–Crippen MR) is 123 cm³/mol. The molecule has 4 rings (SSSR count). The van der Waals surface area contributed by atoms with Crippen molar-refractivity contribution in [2.45, 2.75) is 39.8 Å². The third kappa shape index (κ3) is 4.24. The number of fused-ring (bicyclic) bond motifs is 1. The monoisotopic (exact) mass is 440 g/mol. The maximum Gasteiger partial charge on any atom is 0.329 e. The van der Waals surface area contributed by atoms with Crippen LogP contribution in [0, 0.1) is 6.92 Å². The number of amides is 1. The van der Waals surface area contributed by atoms with Crippen LogP contribution in [0.3, 0.4) is 0 Å². The summed E-state index contributed by atoms with van der Waals surface area (Å²) in [5, 5.41) is 6.08. The molecular formula is C22H24N4O2S2. The molecule has 1 aromatic carbocycles. The standard InChI is InChI=1S/C22H24N4O2S2/c1-3-12-25-18-6-4-5-7-19(18)26(22(25)28)13-21(27)23-11-10-16-8-9-20(30-16)17-14-29-15(2)24-17/h4-9,14H,3,10-13H2,1-2H3,(H,23,27). The minimum Gasteiger partial charge on any atom is -0.354 e. The van der Waals surface area contributed by atoms with E-state index in [-0.39, 0.29) is 18.1 Å². The molecule has 0 bridgehead atoms. The number of carbonyl (C=O) groups excluding carboxylic acids is 1. The van der Waals surface area contributed by atoms with Gasteiger partial charge in [0.05, 0.1) is 26.6 Å². The molecule has 0 saturated carbocycles. The average molecular weight is 441 g/mol. The summed E-state index contributed by atoms with van der Waals surface area (Å²) >= 11 is 3.35. The molecule has 0 aliphatic heterocycles. The lowest BCUT2D eigenvalue weighted by Crippen LogP contribution is -2.34. The van der Waals surface area contributed by atoms with Gasteiger partial charge in [-0.3, -0.25) is 13.9 Å². The van der Waals surface area contributed by atoms with Gasteiger partial charge in [0.15, 0.2) is 0 Å². The van der Waals surface area contributed by atoms with E-state index in [9.17, 15) is 9.59 Å². The van der Waals surface area contributed by atoms with E-state index in [1.807, 2.05) is 38.1 Å². The van der Waals surface area contributed by atoms with Gasteiger partial charge in [0.2, 0.25) is 5.91 Å². The second-order valence-electron chi connectivity index (χ2n) is 7.13. The molecule has 0 atom stereocenters. The van der Waals surface area contributed by atoms with Crippen LogP contribution in [-0.4, -0.2) is 26.6 Å². The lowest BCUT2D eigenvalue weighted by atomic mass is 10.3. The summed E-state index contributed by atoms with van der Waals surface area (Å²) in [5.74, 6) is -0.150. The Hall–Kier alpha value is -2.71. The number of nitrogens with zero attached hydrogens (tertiary/aromatic N) is 3. The molecule has 8 heteroatoms. The van der Waals surface area contributed by atoms with E-state index in [2.05, 4.69) is 27.8 Å². The van der Waals surface area contributed by atoms with Crippen LogP contribution in [0.4, 0.5) is 0 Å². The number of carbonyl (C=O) groups is 1. The van der Waals surface area contributed by atoms with Crippen molar-refractivity contribution in [3.63, 3.8) is 0 Å². The Morgan fingerprint density at radius 2 is 1.90 bits per heavy atom. The average Bonchev–Trinajstić information content (AvgIpc) is 3.44. The van der Waals surface area contributed by atoms with E-state index in [1.54, 1.807) is 31.8 Å². The molecule has 0 aliphatic rings. The van der Waals surface area contributed by atoms with Gasteiger partial charge in [0.1, 0.15) is 6.54 Å². The van der Waals surface area contributed by atoms with Crippen LogP contribution in [0.2, 0.25) is 0 Å². The number of thiophene rings is 1. The van der Waals surface area contributed by atoms with E-state index in [0.717, 1.165) is 39.5 Å². The summed E-state index contributed by atoms with van der Waals surface area (Å²) in [6.45, 7) is 5.26. The fourth-order valence-corrected chi connectivity index (χ4v) is 5.17. The highest BCUT2D eigenvalue weighted by atomic mass is 32.1. The minimum absolute atomic E-state index is 0.0316. The Kier molecular flexibility index (Phi) is 6.15. The molecule has 3 aromatic heterocycles. The number of nitrogens with one attached hydrogen (secondary N) is 1. The van der Waals surface area contributed by atoms with Crippen LogP contribution in [0.15, 0.2) is 46.6 Å². The first-order valence-electron chi connectivity index (χ1n) is 10.0. The number of hydrogen-bond donors (Lipinski definition) is 1. The van der Waals surface area contributed by atoms with Gasteiger partial charge < -0.3 is 5.32 Å². The van der Waals surface area contributed by atoms with Crippen molar-refractivity contribution < 1.29 is 4.79 Å². The Morgan fingerprint density at radius 3 is 2.60 bits per heavy atom. The second-order valence-corrected chi connectivity index (χ2v) is 9.36. The molecule has 156 valence electrons. The number of aromatic nitrogens is 3. The normalized spacial score (nSPS) is 11.3. The molecule has 0 saturated heterocycles. The van der Waals surface area contributed by atoms with Crippen molar-refractivity contribution in [1.29, 1.82) is 0 Å². The molecule has 0 unspecified atom stereocenters. The van der Waals surface area contributed by atoms with Crippen LogP contribution in [0.5, 0.6) is 0 Å². The first-order valence-corrected chi connectivity index (χ1v) is 11.7. The first kappa shape index (κ1) is 20.6. The van der Waals surface area contributed by atoms with Crippen molar-refractivity contribution >= 4 is 39.6 Å². The molecule has 4 aromatic rings. The van der Waals surface area contributed by atoms with E-state index in [0.29, 0.717) is 13.1 Å². The van der Waals surface area contributed by atoms with Crippen LogP contribution in [0.25, 0.3) is 21.6 Å². The number of aryl methyl sites for hydroxylation is 2. The molecule has 3 heterocycles. The summed E-state index contributed by atoms with van der Waals surface area (Å²) in [7, 11) is 0. The van der Waals surface area contributed by atoms with Gasteiger partial charge in [0.25, 0.3) is 0 Å². The van der Waals surface area contributed by atoms with Crippen LogP contribution >= 0.6 is 22.7 Å². The fourth-order valence-electron chi connectivity index (χ4n) is 3.52. The van der Waals surface area contributed by atoms with Gasteiger partial charge in [-0.2, -0.15) is 0 Å². The Morgan fingerprint density at radius 1 is 1.13 bits per heavy atom. The maximum atomic E-state index is 12.8. The van der Waals surface area contributed by atoms with Crippen LogP contribution in [-0.2, 0) is 24.3 Å². The Bertz CT molecular complexity index is 1230.